The number of aromatic nitrogens is 2. The molecule has 10 rings (SSSR count). The SMILES string of the molecule is c1ccc(-c2ccc3ccc4ccc(-c5ccc(-c6ccc7c(c6)C(c6ccccc6)(c6ccccc6)c6ccccc6-7)cc5)nc4c3n2)cc1. The normalized spacial score (nSPS) is 12.9. The van der Waals surface area contributed by atoms with Gasteiger partial charge in [-0.1, -0.05) is 176 Å². The standard InChI is InChI=1S/C49H32N2/c1-4-12-34(13-5-1)45-30-27-36-24-25-37-28-31-46(51-48(37)47(36)50-45)35-22-20-33(21-23-35)38-26-29-42-41-18-10-11-19-43(41)49(44(42)32-38,39-14-6-2-7-15-39)40-16-8-3-9-17-40/h1-32H. The summed E-state index contributed by atoms with van der Waals surface area (Å²) in [5.74, 6) is 0. The Morgan fingerprint density at radius 2 is 0.765 bits per heavy atom. The Hall–Kier alpha value is -6.64. The average molecular weight is 649 g/mol. The van der Waals surface area contributed by atoms with Crippen molar-refractivity contribution in [1.29, 1.82) is 0 Å². The summed E-state index contributed by atoms with van der Waals surface area (Å²) >= 11 is 0. The van der Waals surface area contributed by atoms with Crippen molar-refractivity contribution in [3.63, 3.8) is 0 Å². The van der Waals surface area contributed by atoms with Crippen molar-refractivity contribution in [2.45, 2.75) is 5.41 Å². The lowest BCUT2D eigenvalue weighted by molar-refractivity contribution is 0.769. The first kappa shape index (κ1) is 29.3. The lowest BCUT2D eigenvalue weighted by atomic mass is 9.67. The van der Waals surface area contributed by atoms with Gasteiger partial charge in [0.2, 0.25) is 0 Å². The largest absolute Gasteiger partial charge is 0.245 e. The van der Waals surface area contributed by atoms with E-state index in [0.717, 1.165) is 44.3 Å². The molecule has 2 heteroatoms. The summed E-state index contributed by atoms with van der Waals surface area (Å²) in [6, 6.07) is 69.8. The number of pyridine rings is 2. The first-order valence-electron chi connectivity index (χ1n) is 17.5. The second-order valence-electron chi connectivity index (χ2n) is 13.3. The number of nitrogens with zero attached hydrogens (tertiary/aromatic N) is 2. The third-order valence-electron chi connectivity index (χ3n) is 10.6. The number of hydrogen-bond acceptors (Lipinski definition) is 2. The van der Waals surface area contributed by atoms with Crippen molar-refractivity contribution in [1.82, 2.24) is 9.97 Å². The van der Waals surface area contributed by atoms with Crippen LogP contribution in [0.25, 0.3) is 66.6 Å². The molecule has 0 saturated heterocycles. The topological polar surface area (TPSA) is 25.8 Å². The minimum absolute atomic E-state index is 0.420. The summed E-state index contributed by atoms with van der Waals surface area (Å²) in [6.07, 6.45) is 0. The highest BCUT2D eigenvalue weighted by Gasteiger charge is 2.46. The van der Waals surface area contributed by atoms with Crippen molar-refractivity contribution in [2.24, 2.45) is 0 Å². The van der Waals surface area contributed by atoms with Gasteiger partial charge in [0.1, 0.15) is 0 Å². The highest BCUT2D eigenvalue weighted by molar-refractivity contribution is 6.04. The van der Waals surface area contributed by atoms with Crippen LogP contribution in [0.3, 0.4) is 0 Å². The molecule has 51 heavy (non-hydrogen) atoms. The lowest BCUT2D eigenvalue weighted by Gasteiger charge is -2.34. The summed E-state index contributed by atoms with van der Waals surface area (Å²) in [5, 5.41) is 2.17. The molecule has 2 aromatic heterocycles. The van der Waals surface area contributed by atoms with Crippen LogP contribution in [0.4, 0.5) is 0 Å². The van der Waals surface area contributed by atoms with E-state index in [2.05, 4.69) is 188 Å². The van der Waals surface area contributed by atoms with Crippen LogP contribution in [0.1, 0.15) is 22.3 Å². The fourth-order valence-electron chi connectivity index (χ4n) is 8.16. The molecule has 0 amide bonds. The predicted octanol–water partition coefficient (Wildman–Crippen LogP) is 12.1. The number of rotatable bonds is 5. The fourth-order valence-corrected chi connectivity index (χ4v) is 8.16. The molecule has 0 aliphatic heterocycles. The van der Waals surface area contributed by atoms with E-state index in [1.54, 1.807) is 0 Å². The van der Waals surface area contributed by atoms with Gasteiger partial charge in [-0.15, -0.1) is 0 Å². The molecule has 1 aliphatic rings. The van der Waals surface area contributed by atoms with Crippen LogP contribution in [0, 0.1) is 0 Å². The summed E-state index contributed by atoms with van der Waals surface area (Å²) in [6.45, 7) is 0. The van der Waals surface area contributed by atoms with Crippen molar-refractivity contribution in [3.05, 3.63) is 216 Å². The minimum Gasteiger partial charge on any atom is -0.245 e. The fraction of sp³-hybridized carbons (Fsp3) is 0.0204. The van der Waals surface area contributed by atoms with E-state index >= 15 is 0 Å². The Balaban J connectivity index is 1.07. The van der Waals surface area contributed by atoms with E-state index in [-0.39, 0.29) is 0 Å². The summed E-state index contributed by atoms with van der Waals surface area (Å²) in [5.41, 5.74) is 15.6. The second-order valence-corrected chi connectivity index (χ2v) is 13.3. The smallest absolute Gasteiger partial charge is 0.0972 e. The van der Waals surface area contributed by atoms with Crippen LogP contribution in [-0.4, -0.2) is 9.97 Å². The molecule has 0 saturated carbocycles. The van der Waals surface area contributed by atoms with Crippen molar-refractivity contribution >= 4 is 21.8 Å². The molecule has 7 aromatic carbocycles. The van der Waals surface area contributed by atoms with Gasteiger partial charge >= 0.3 is 0 Å². The van der Waals surface area contributed by atoms with Gasteiger partial charge in [0.25, 0.3) is 0 Å². The van der Waals surface area contributed by atoms with Crippen LogP contribution in [0.2, 0.25) is 0 Å². The molecule has 2 heterocycles. The summed E-state index contributed by atoms with van der Waals surface area (Å²) in [7, 11) is 0. The van der Waals surface area contributed by atoms with Gasteiger partial charge in [0.05, 0.1) is 27.8 Å². The van der Waals surface area contributed by atoms with Crippen molar-refractivity contribution < 1.29 is 0 Å². The van der Waals surface area contributed by atoms with E-state index in [0.29, 0.717) is 0 Å². The molecule has 238 valence electrons. The monoisotopic (exact) mass is 648 g/mol. The van der Waals surface area contributed by atoms with Crippen LogP contribution in [-0.2, 0) is 5.41 Å². The first-order valence-corrected chi connectivity index (χ1v) is 17.5. The molecule has 0 unspecified atom stereocenters. The van der Waals surface area contributed by atoms with Crippen LogP contribution in [0.15, 0.2) is 194 Å². The molecule has 9 aromatic rings. The van der Waals surface area contributed by atoms with Gasteiger partial charge < -0.3 is 0 Å². The van der Waals surface area contributed by atoms with Crippen LogP contribution in [0.5, 0.6) is 0 Å². The van der Waals surface area contributed by atoms with E-state index in [9.17, 15) is 0 Å². The molecular weight excluding hydrogens is 617 g/mol. The van der Waals surface area contributed by atoms with E-state index in [1.165, 1.54) is 44.5 Å². The van der Waals surface area contributed by atoms with Gasteiger partial charge in [-0.3, -0.25) is 0 Å². The zero-order chi connectivity index (χ0) is 33.8. The maximum atomic E-state index is 5.20. The molecule has 0 bridgehead atoms. The Bertz CT molecular complexity index is 2680. The minimum atomic E-state index is -0.420. The molecule has 0 N–H and O–H groups in total. The van der Waals surface area contributed by atoms with E-state index in [4.69, 9.17) is 9.97 Å². The molecule has 0 fully saturated rings. The molecule has 0 spiro atoms. The van der Waals surface area contributed by atoms with Crippen LogP contribution >= 0.6 is 0 Å². The summed E-state index contributed by atoms with van der Waals surface area (Å²) in [4.78, 5) is 10.3. The molecule has 0 radical (unpaired) electrons. The zero-order valence-corrected chi connectivity index (χ0v) is 27.9. The second kappa shape index (κ2) is 11.8. The van der Waals surface area contributed by atoms with Gasteiger partial charge in [-0.05, 0) is 62.7 Å². The molecule has 2 nitrogen and oxygen atoms in total. The van der Waals surface area contributed by atoms with Gasteiger partial charge in [0.15, 0.2) is 0 Å². The maximum absolute atomic E-state index is 5.20. The Labute approximate surface area is 297 Å². The van der Waals surface area contributed by atoms with Crippen molar-refractivity contribution in [3.8, 4) is 44.8 Å². The maximum Gasteiger partial charge on any atom is 0.0972 e. The highest BCUT2D eigenvalue weighted by Crippen LogP contribution is 2.56. The third kappa shape index (κ3) is 4.65. The Morgan fingerprint density at radius 3 is 1.37 bits per heavy atom. The van der Waals surface area contributed by atoms with E-state index < -0.39 is 5.41 Å². The quantitative estimate of drug-likeness (QED) is 0.174. The van der Waals surface area contributed by atoms with Gasteiger partial charge in [0, 0.05) is 21.9 Å². The Morgan fingerprint density at radius 1 is 0.314 bits per heavy atom. The van der Waals surface area contributed by atoms with Crippen LogP contribution < -0.4 is 0 Å². The van der Waals surface area contributed by atoms with Gasteiger partial charge in [-0.2, -0.15) is 0 Å². The number of fused-ring (bicyclic) bond motifs is 6. The highest BCUT2D eigenvalue weighted by atomic mass is 14.8. The number of benzene rings is 7. The van der Waals surface area contributed by atoms with Gasteiger partial charge in [-0.25, -0.2) is 9.97 Å². The average Bonchev–Trinajstić information content (AvgIpc) is 3.52. The summed E-state index contributed by atoms with van der Waals surface area (Å²) < 4.78 is 0. The molecule has 1 aliphatic carbocycles. The molecule has 0 atom stereocenters. The van der Waals surface area contributed by atoms with Crippen molar-refractivity contribution in [2.75, 3.05) is 0 Å². The number of hydrogen-bond donors (Lipinski definition) is 0. The predicted molar refractivity (Wildman–Crippen MR) is 211 cm³/mol. The van der Waals surface area contributed by atoms with E-state index in [1.807, 2.05) is 6.07 Å². The lowest BCUT2D eigenvalue weighted by Crippen LogP contribution is -2.28. The Kier molecular flexibility index (Phi) is 6.75. The molecular formula is C49H32N2. The zero-order valence-electron chi connectivity index (χ0n) is 27.9. The third-order valence-corrected chi connectivity index (χ3v) is 10.6. The first-order chi connectivity index (χ1) is 25.3.